The summed E-state index contributed by atoms with van der Waals surface area (Å²) in [6, 6.07) is 5.95. The highest BCUT2D eigenvalue weighted by Gasteiger charge is 2.30. The van der Waals surface area contributed by atoms with Gasteiger partial charge >= 0.3 is 0 Å². The third-order valence-corrected chi connectivity index (χ3v) is 7.54. The lowest BCUT2D eigenvalue weighted by molar-refractivity contribution is 0.392. The van der Waals surface area contributed by atoms with Crippen molar-refractivity contribution in [1.82, 2.24) is 14.3 Å². The van der Waals surface area contributed by atoms with Crippen molar-refractivity contribution >= 4 is 33.2 Å². The van der Waals surface area contributed by atoms with Crippen LogP contribution in [0.1, 0.15) is 28.6 Å². The molecule has 7 nitrogen and oxygen atoms in total. The molecular weight excluding hydrogens is 461 g/mol. The van der Waals surface area contributed by atoms with Gasteiger partial charge in [0.25, 0.3) is 0 Å². The Kier molecular flexibility index (Phi) is 6.85. The lowest BCUT2D eigenvalue weighted by Gasteiger charge is -2.22. The number of nitrogens with zero attached hydrogens (tertiary/aromatic N) is 2. The van der Waals surface area contributed by atoms with Crippen molar-refractivity contribution in [1.29, 1.82) is 0 Å². The maximum atomic E-state index is 13.5. The third-order valence-electron chi connectivity index (χ3n) is 4.95. The Labute approximate surface area is 192 Å². The SMILES string of the molecule is COc1cc(OC)cc(C(NS(=O)(=O)c2c(C)c(Cl)cc(C)c2Cl)c2nccn2C)c1. The molecule has 3 rings (SSSR count). The Morgan fingerprint density at radius 3 is 2.19 bits per heavy atom. The summed E-state index contributed by atoms with van der Waals surface area (Å²) in [6.45, 7) is 3.32. The van der Waals surface area contributed by atoms with Crippen LogP contribution in [0.4, 0.5) is 0 Å². The van der Waals surface area contributed by atoms with E-state index in [2.05, 4.69) is 9.71 Å². The number of aromatic nitrogens is 2. The quantitative estimate of drug-likeness (QED) is 0.537. The molecule has 0 aliphatic carbocycles. The van der Waals surface area contributed by atoms with E-state index in [1.165, 1.54) is 14.2 Å². The first-order valence-electron chi connectivity index (χ1n) is 9.26. The summed E-state index contributed by atoms with van der Waals surface area (Å²) in [5, 5.41) is 0.440. The predicted octanol–water partition coefficient (Wildman–Crippen LogP) is 4.43. The van der Waals surface area contributed by atoms with E-state index < -0.39 is 16.1 Å². The topological polar surface area (TPSA) is 82.4 Å². The van der Waals surface area contributed by atoms with Crippen LogP contribution in [0.25, 0.3) is 0 Å². The lowest BCUT2D eigenvalue weighted by atomic mass is 10.1. The molecule has 1 atom stereocenters. The van der Waals surface area contributed by atoms with Gasteiger partial charge in [0.1, 0.15) is 28.3 Å². The van der Waals surface area contributed by atoms with E-state index in [4.69, 9.17) is 32.7 Å². The van der Waals surface area contributed by atoms with Gasteiger partial charge in [-0.3, -0.25) is 0 Å². The number of hydrogen-bond acceptors (Lipinski definition) is 5. The van der Waals surface area contributed by atoms with Crippen molar-refractivity contribution < 1.29 is 17.9 Å². The van der Waals surface area contributed by atoms with Gasteiger partial charge in [-0.2, -0.15) is 4.72 Å². The monoisotopic (exact) mass is 483 g/mol. The maximum Gasteiger partial charge on any atom is 0.243 e. The van der Waals surface area contributed by atoms with Crippen LogP contribution in [0.3, 0.4) is 0 Å². The van der Waals surface area contributed by atoms with Crippen molar-refractivity contribution in [3.05, 3.63) is 69.2 Å². The van der Waals surface area contributed by atoms with Crippen molar-refractivity contribution in [3.63, 3.8) is 0 Å². The number of ether oxygens (including phenoxy) is 2. The van der Waals surface area contributed by atoms with Gasteiger partial charge in [0, 0.05) is 30.5 Å². The van der Waals surface area contributed by atoms with Crippen LogP contribution in [0.5, 0.6) is 11.5 Å². The smallest absolute Gasteiger partial charge is 0.243 e. The number of sulfonamides is 1. The Bertz CT molecular complexity index is 1180. The molecule has 0 aliphatic heterocycles. The average Bonchev–Trinajstić information content (AvgIpc) is 3.15. The molecule has 0 fully saturated rings. The fourth-order valence-electron chi connectivity index (χ4n) is 3.27. The zero-order chi connectivity index (χ0) is 22.9. The molecule has 31 heavy (non-hydrogen) atoms. The zero-order valence-corrected chi connectivity index (χ0v) is 20.1. The molecule has 0 saturated heterocycles. The summed E-state index contributed by atoms with van der Waals surface area (Å²) in [7, 11) is 0.732. The Morgan fingerprint density at radius 1 is 1.06 bits per heavy atom. The number of nitrogens with one attached hydrogen (secondary N) is 1. The van der Waals surface area contributed by atoms with Crippen molar-refractivity contribution in [2.45, 2.75) is 24.8 Å². The van der Waals surface area contributed by atoms with Crippen LogP contribution < -0.4 is 14.2 Å². The molecule has 0 amide bonds. The molecule has 0 bridgehead atoms. The van der Waals surface area contributed by atoms with E-state index in [1.807, 2.05) is 0 Å². The maximum absolute atomic E-state index is 13.5. The van der Waals surface area contributed by atoms with Crippen LogP contribution in [-0.2, 0) is 17.1 Å². The van der Waals surface area contributed by atoms with Gasteiger partial charge in [0.15, 0.2) is 0 Å². The lowest BCUT2D eigenvalue weighted by Crippen LogP contribution is -2.32. The van der Waals surface area contributed by atoms with E-state index in [1.54, 1.807) is 62.1 Å². The van der Waals surface area contributed by atoms with Gasteiger partial charge in [-0.15, -0.1) is 0 Å². The molecule has 2 aromatic carbocycles. The number of hydrogen-bond donors (Lipinski definition) is 1. The van der Waals surface area contributed by atoms with E-state index in [0.717, 1.165) is 0 Å². The number of aryl methyl sites for hydroxylation is 2. The van der Waals surface area contributed by atoms with Crippen LogP contribution in [0, 0.1) is 13.8 Å². The summed E-state index contributed by atoms with van der Waals surface area (Å²) < 4.78 is 42.2. The fourth-order valence-corrected chi connectivity index (χ4v) is 5.66. The van der Waals surface area contributed by atoms with E-state index in [-0.39, 0.29) is 9.92 Å². The number of methoxy groups -OCH3 is 2. The molecule has 10 heteroatoms. The Morgan fingerprint density at radius 2 is 1.68 bits per heavy atom. The molecule has 0 saturated carbocycles. The molecule has 1 heterocycles. The number of benzene rings is 2. The van der Waals surface area contributed by atoms with Gasteiger partial charge in [0.05, 0.1) is 19.2 Å². The van der Waals surface area contributed by atoms with Gasteiger partial charge < -0.3 is 14.0 Å². The normalized spacial score (nSPS) is 12.6. The molecule has 1 unspecified atom stereocenters. The Hall–Kier alpha value is -2.26. The zero-order valence-electron chi connectivity index (χ0n) is 17.7. The highest BCUT2D eigenvalue weighted by Crippen LogP contribution is 2.36. The first-order valence-corrected chi connectivity index (χ1v) is 11.5. The molecule has 0 radical (unpaired) electrons. The summed E-state index contributed by atoms with van der Waals surface area (Å²) in [6.07, 6.45) is 3.32. The molecule has 0 spiro atoms. The number of rotatable bonds is 7. The second-order valence-electron chi connectivity index (χ2n) is 7.04. The van der Waals surface area contributed by atoms with Crippen molar-refractivity contribution in [2.75, 3.05) is 14.2 Å². The minimum atomic E-state index is -4.10. The largest absolute Gasteiger partial charge is 0.497 e. The summed E-state index contributed by atoms with van der Waals surface area (Å²) in [4.78, 5) is 4.29. The third kappa shape index (κ3) is 4.67. The first-order chi connectivity index (χ1) is 14.6. The fraction of sp³-hybridized carbons (Fsp3) is 0.286. The highest BCUT2D eigenvalue weighted by molar-refractivity contribution is 7.89. The van der Waals surface area contributed by atoms with E-state index in [0.29, 0.717) is 39.0 Å². The van der Waals surface area contributed by atoms with Crippen molar-refractivity contribution in [3.8, 4) is 11.5 Å². The number of imidazole rings is 1. The van der Waals surface area contributed by atoms with Crippen LogP contribution in [-0.4, -0.2) is 32.2 Å². The van der Waals surface area contributed by atoms with Crippen molar-refractivity contribution in [2.24, 2.45) is 7.05 Å². The van der Waals surface area contributed by atoms with Gasteiger partial charge in [-0.25, -0.2) is 13.4 Å². The minimum Gasteiger partial charge on any atom is -0.497 e. The average molecular weight is 484 g/mol. The molecule has 1 aromatic heterocycles. The standard InChI is InChI=1S/C21H23Cl2N3O4S/c1-12-8-17(22)13(2)20(18(12)23)31(27,28)25-19(21-24-6-7-26(21)3)14-9-15(29-4)11-16(10-14)30-5/h6-11,19,25H,1-5H3. The minimum absolute atomic E-state index is 0.0618. The second-order valence-corrected chi connectivity index (χ2v) is 9.48. The molecule has 166 valence electrons. The molecule has 0 aliphatic rings. The summed E-state index contributed by atoms with van der Waals surface area (Å²) >= 11 is 12.7. The van der Waals surface area contributed by atoms with Crippen LogP contribution >= 0.6 is 23.2 Å². The first kappa shape index (κ1) is 23.4. The van der Waals surface area contributed by atoms with Gasteiger partial charge in [0.2, 0.25) is 10.0 Å². The predicted molar refractivity (Wildman–Crippen MR) is 121 cm³/mol. The second kappa shape index (κ2) is 9.08. The molecular formula is C21H23Cl2N3O4S. The van der Waals surface area contributed by atoms with E-state index >= 15 is 0 Å². The highest BCUT2D eigenvalue weighted by atomic mass is 35.5. The number of halogens is 2. The van der Waals surface area contributed by atoms with Crippen LogP contribution in [0.15, 0.2) is 41.6 Å². The summed E-state index contributed by atoms with van der Waals surface area (Å²) in [5.41, 5.74) is 1.52. The van der Waals surface area contributed by atoms with Gasteiger partial charge in [-0.05, 0) is 48.7 Å². The van der Waals surface area contributed by atoms with Gasteiger partial charge in [-0.1, -0.05) is 23.2 Å². The van der Waals surface area contributed by atoms with Crippen LogP contribution in [0.2, 0.25) is 10.0 Å². The van der Waals surface area contributed by atoms with E-state index in [9.17, 15) is 8.42 Å². The molecule has 1 N–H and O–H groups in total. The molecule has 3 aromatic rings. The summed E-state index contributed by atoms with van der Waals surface area (Å²) in [5.74, 6) is 1.51. The Balaban J connectivity index is 2.19.